The number of esters is 1. The molecule has 2 rings (SSSR count). The number of anilines is 1. The average Bonchev–Trinajstić information content (AvgIpc) is 2.53. The lowest BCUT2D eigenvalue weighted by atomic mass is 9.98. The van der Waals surface area contributed by atoms with Gasteiger partial charge >= 0.3 is 5.97 Å². The lowest BCUT2D eigenvalue weighted by molar-refractivity contribution is 0.0524. The van der Waals surface area contributed by atoms with E-state index in [1.807, 2.05) is 13.8 Å². The van der Waals surface area contributed by atoms with Crippen molar-refractivity contribution in [3.05, 3.63) is 41.3 Å². The van der Waals surface area contributed by atoms with Gasteiger partial charge in [0, 0.05) is 5.56 Å². The molecule has 1 N–H and O–H groups in total. The number of hydrogen-bond acceptors (Lipinski definition) is 6. The second-order valence-corrected chi connectivity index (χ2v) is 7.66. The molecule has 2 aromatic rings. The second kappa shape index (κ2) is 7.77. The summed E-state index contributed by atoms with van der Waals surface area (Å²) in [4.78, 5) is 20.9. The first-order chi connectivity index (χ1) is 12.1. The summed E-state index contributed by atoms with van der Waals surface area (Å²) in [6.45, 7) is 5.45. The maximum Gasteiger partial charge on any atom is 0.342 e. The number of nitrogens with zero attached hydrogens (tertiary/aromatic N) is 2. The highest BCUT2D eigenvalue weighted by Crippen LogP contribution is 2.30. The van der Waals surface area contributed by atoms with Crippen molar-refractivity contribution in [1.82, 2.24) is 9.97 Å². The molecule has 0 unspecified atom stereocenters. The van der Waals surface area contributed by atoms with Crippen molar-refractivity contribution in [2.75, 3.05) is 17.6 Å². The van der Waals surface area contributed by atoms with Crippen LogP contribution in [0.5, 0.6) is 0 Å². The third-order valence-electron chi connectivity index (χ3n) is 3.36. The van der Waals surface area contributed by atoms with Crippen LogP contribution in [0.25, 0.3) is 11.3 Å². The van der Waals surface area contributed by atoms with Crippen LogP contribution in [0.4, 0.5) is 10.3 Å². The van der Waals surface area contributed by atoms with Gasteiger partial charge in [-0.3, -0.25) is 4.72 Å². The summed E-state index contributed by atoms with van der Waals surface area (Å²) in [5, 5.41) is 0. The van der Waals surface area contributed by atoms with Crippen molar-refractivity contribution < 1.29 is 22.3 Å². The quantitative estimate of drug-likeness (QED) is 0.773. The second-order valence-electron chi connectivity index (χ2n) is 5.91. The van der Waals surface area contributed by atoms with E-state index in [2.05, 4.69) is 14.7 Å². The Bertz CT molecular complexity index is 912. The van der Waals surface area contributed by atoms with Gasteiger partial charge in [-0.25, -0.2) is 27.6 Å². The molecule has 1 heterocycles. The molecule has 0 aliphatic rings. The summed E-state index contributed by atoms with van der Waals surface area (Å²) in [5.41, 5.74) is 1.08. The van der Waals surface area contributed by atoms with Crippen LogP contribution in [-0.4, -0.2) is 37.2 Å². The van der Waals surface area contributed by atoms with E-state index in [4.69, 9.17) is 4.74 Å². The number of sulfonamides is 1. The molecule has 7 nitrogen and oxygen atoms in total. The van der Waals surface area contributed by atoms with Crippen molar-refractivity contribution >= 4 is 21.9 Å². The first-order valence-corrected chi connectivity index (χ1v) is 9.84. The van der Waals surface area contributed by atoms with E-state index in [1.165, 1.54) is 24.3 Å². The first kappa shape index (κ1) is 19.8. The number of hydrogen-bond donors (Lipinski definition) is 1. The molecule has 140 valence electrons. The van der Waals surface area contributed by atoms with E-state index >= 15 is 0 Å². The summed E-state index contributed by atoms with van der Waals surface area (Å²) >= 11 is 0. The molecule has 0 saturated carbocycles. The maximum atomic E-state index is 13.3. The topological polar surface area (TPSA) is 98.2 Å². The Kier molecular flexibility index (Phi) is 5.91. The molecule has 0 fully saturated rings. The molecular formula is C17H20FN3O4S. The van der Waals surface area contributed by atoms with Gasteiger partial charge in [-0.2, -0.15) is 0 Å². The Balaban J connectivity index is 2.77. The molecule has 0 atom stereocenters. The van der Waals surface area contributed by atoms with Crippen LogP contribution >= 0.6 is 0 Å². The normalized spacial score (nSPS) is 11.5. The Labute approximate surface area is 151 Å². The fourth-order valence-corrected chi connectivity index (χ4v) is 2.75. The Hall–Kier alpha value is -2.55. The summed E-state index contributed by atoms with van der Waals surface area (Å²) in [5.74, 6) is -1.44. The highest BCUT2D eigenvalue weighted by Gasteiger charge is 2.25. The van der Waals surface area contributed by atoms with Crippen LogP contribution in [0.2, 0.25) is 0 Å². The number of carbonyl (C=O) groups is 1. The average molecular weight is 381 g/mol. The molecule has 0 saturated heterocycles. The highest BCUT2D eigenvalue weighted by molar-refractivity contribution is 7.91. The molecule has 1 aromatic heterocycles. The predicted molar refractivity (Wildman–Crippen MR) is 95.9 cm³/mol. The van der Waals surface area contributed by atoms with Gasteiger partial charge in [-0.15, -0.1) is 0 Å². The number of ether oxygens (including phenoxy) is 1. The summed E-state index contributed by atoms with van der Waals surface area (Å²) in [6.07, 6.45) is 0.974. The fraction of sp³-hybridized carbons (Fsp3) is 0.353. The van der Waals surface area contributed by atoms with Crippen LogP contribution < -0.4 is 4.72 Å². The van der Waals surface area contributed by atoms with Gasteiger partial charge in [0.05, 0.1) is 24.3 Å². The molecule has 0 radical (unpaired) electrons. The van der Waals surface area contributed by atoms with Crippen molar-refractivity contribution in [3.8, 4) is 11.3 Å². The molecule has 0 spiro atoms. The van der Waals surface area contributed by atoms with E-state index in [0.717, 1.165) is 6.26 Å². The van der Waals surface area contributed by atoms with Gasteiger partial charge in [0.2, 0.25) is 16.0 Å². The number of rotatable bonds is 6. The minimum Gasteiger partial charge on any atom is -0.462 e. The SMILES string of the molecule is CCOC(=O)c1c(-c2ccc(F)cc2)nc(NS(C)(=O)=O)nc1C(C)C. The minimum absolute atomic E-state index is 0.132. The van der Waals surface area contributed by atoms with Gasteiger partial charge in [-0.1, -0.05) is 13.8 Å². The number of carbonyl (C=O) groups excluding carboxylic acids is 1. The number of halogens is 1. The molecule has 9 heteroatoms. The zero-order chi connectivity index (χ0) is 19.5. The number of benzene rings is 1. The number of aromatic nitrogens is 2. The van der Waals surface area contributed by atoms with Crippen LogP contribution in [0.15, 0.2) is 24.3 Å². The zero-order valence-electron chi connectivity index (χ0n) is 14.9. The minimum atomic E-state index is -3.62. The van der Waals surface area contributed by atoms with Gasteiger partial charge in [0.25, 0.3) is 0 Å². The van der Waals surface area contributed by atoms with Crippen LogP contribution in [0, 0.1) is 5.82 Å². The summed E-state index contributed by atoms with van der Waals surface area (Å²) in [6, 6.07) is 5.36. The first-order valence-electron chi connectivity index (χ1n) is 7.95. The van der Waals surface area contributed by atoms with Gasteiger partial charge in [0.1, 0.15) is 11.4 Å². The van der Waals surface area contributed by atoms with Crippen molar-refractivity contribution in [2.24, 2.45) is 0 Å². The summed E-state index contributed by atoms with van der Waals surface area (Å²) < 4.78 is 43.7. The standard InChI is InChI=1S/C17H20FN3O4S/c1-5-25-16(22)13-14(10(2)3)19-17(21-26(4,23)24)20-15(13)11-6-8-12(18)9-7-11/h6-10H,5H2,1-4H3,(H,19,20,21). The monoisotopic (exact) mass is 381 g/mol. The molecule has 0 amide bonds. The molecule has 0 aliphatic carbocycles. The predicted octanol–water partition coefficient (Wildman–Crippen LogP) is 2.95. The third-order valence-corrected chi connectivity index (χ3v) is 3.91. The van der Waals surface area contributed by atoms with Crippen molar-refractivity contribution in [1.29, 1.82) is 0 Å². The van der Waals surface area contributed by atoms with Gasteiger partial charge in [-0.05, 0) is 37.1 Å². The van der Waals surface area contributed by atoms with Crippen molar-refractivity contribution in [2.45, 2.75) is 26.7 Å². The van der Waals surface area contributed by atoms with Crippen LogP contribution in [0.1, 0.15) is 42.7 Å². The molecule has 0 bridgehead atoms. The van der Waals surface area contributed by atoms with E-state index < -0.39 is 21.8 Å². The fourth-order valence-electron chi connectivity index (χ4n) is 2.33. The van der Waals surface area contributed by atoms with E-state index in [0.29, 0.717) is 11.3 Å². The van der Waals surface area contributed by atoms with Crippen LogP contribution in [-0.2, 0) is 14.8 Å². The smallest absolute Gasteiger partial charge is 0.342 e. The van der Waals surface area contributed by atoms with E-state index in [9.17, 15) is 17.6 Å². The molecule has 26 heavy (non-hydrogen) atoms. The van der Waals surface area contributed by atoms with Crippen molar-refractivity contribution in [3.63, 3.8) is 0 Å². The van der Waals surface area contributed by atoms with Gasteiger partial charge in [0.15, 0.2) is 0 Å². The third kappa shape index (κ3) is 4.75. The lowest BCUT2D eigenvalue weighted by Crippen LogP contribution is -2.18. The van der Waals surface area contributed by atoms with E-state index in [1.54, 1.807) is 6.92 Å². The Morgan fingerprint density at radius 3 is 2.35 bits per heavy atom. The molecular weight excluding hydrogens is 361 g/mol. The largest absolute Gasteiger partial charge is 0.462 e. The highest BCUT2D eigenvalue weighted by atomic mass is 32.2. The van der Waals surface area contributed by atoms with E-state index in [-0.39, 0.29) is 29.7 Å². The van der Waals surface area contributed by atoms with Crippen LogP contribution in [0.3, 0.4) is 0 Å². The number of nitrogens with one attached hydrogen (secondary N) is 1. The lowest BCUT2D eigenvalue weighted by Gasteiger charge is -2.17. The van der Waals surface area contributed by atoms with Gasteiger partial charge < -0.3 is 4.74 Å². The molecule has 0 aliphatic heterocycles. The maximum absolute atomic E-state index is 13.3. The summed E-state index contributed by atoms with van der Waals surface area (Å²) in [7, 11) is -3.62. The zero-order valence-corrected chi connectivity index (χ0v) is 15.7. The molecule has 1 aromatic carbocycles. The Morgan fingerprint density at radius 2 is 1.85 bits per heavy atom. The Morgan fingerprint density at radius 1 is 1.23 bits per heavy atom.